The number of nitrogens with zero attached hydrogens (tertiary/aromatic N) is 2. The Morgan fingerprint density at radius 1 is 1.00 bits per heavy atom. The van der Waals surface area contributed by atoms with Crippen LogP contribution in [0.5, 0.6) is 0 Å². The predicted molar refractivity (Wildman–Crippen MR) is 104 cm³/mol. The van der Waals surface area contributed by atoms with E-state index in [-0.39, 0.29) is 18.1 Å². The molecule has 0 aliphatic carbocycles. The first kappa shape index (κ1) is 19.3. The molecule has 0 saturated heterocycles. The summed E-state index contributed by atoms with van der Waals surface area (Å²) >= 11 is 0. The summed E-state index contributed by atoms with van der Waals surface area (Å²) in [5.74, 6) is -0.895. The number of nitrogens with one attached hydrogen (secondary N) is 1. The summed E-state index contributed by atoms with van der Waals surface area (Å²) in [5, 5.41) is 2.72. The molecule has 0 spiro atoms. The number of aromatic nitrogens is 2. The summed E-state index contributed by atoms with van der Waals surface area (Å²) < 4.78 is 15.6. The first-order valence-corrected chi connectivity index (χ1v) is 8.76. The number of carbonyl (C=O) groups excluding carboxylic acids is 1. The Kier molecular flexibility index (Phi) is 5.54. The lowest BCUT2D eigenvalue weighted by Gasteiger charge is -2.11. The molecule has 0 bridgehead atoms. The zero-order valence-corrected chi connectivity index (χ0v) is 15.6. The van der Waals surface area contributed by atoms with Gasteiger partial charge in [0.05, 0.1) is 5.69 Å². The second-order valence-corrected chi connectivity index (χ2v) is 6.60. The van der Waals surface area contributed by atoms with Gasteiger partial charge in [0.1, 0.15) is 12.4 Å². The first-order chi connectivity index (χ1) is 13.3. The summed E-state index contributed by atoms with van der Waals surface area (Å²) in [6.07, 6.45) is 2.71. The third-order valence-electron chi connectivity index (χ3n) is 4.41. The smallest absolute Gasteiger partial charge is 0.320 e. The zero-order valence-electron chi connectivity index (χ0n) is 15.6. The lowest BCUT2D eigenvalue weighted by molar-refractivity contribution is -0.121. The molecule has 0 unspecified atom stereocenters. The quantitative estimate of drug-likeness (QED) is 0.688. The number of rotatable bonds is 5. The Labute approximate surface area is 160 Å². The van der Waals surface area contributed by atoms with Crippen LogP contribution in [0.3, 0.4) is 0 Å². The van der Waals surface area contributed by atoms with Crippen molar-refractivity contribution in [3.63, 3.8) is 0 Å². The molecular weight excluding hydrogens is 361 g/mol. The van der Waals surface area contributed by atoms with Crippen molar-refractivity contribution < 1.29 is 9.18 Å². The molecule has 0 radical (unpaired) electrons. The second kappa shape index (κ2) is 8.04. The minimum absolute atomic E-state index is 0.275. The molecule has 1 N–H and O–H groups in total. The van der Waals surface area contributed by atoms with Gasteiger partial charge in [-0.2, -0.15) is 0 Å². The summed E-state index contributed by atoms with van der Waals surface area (Å²) in [5.41, 5.74) is 1.30. The number of carbonyl (C=O) groups is 1. The van der Waals surface area contributed by atoms with Crippen molar-refractivity contribution in [3.8, 4) is 5.69 Å². The van der Waals surface area contributed by atoms with Crippen LogP contribution in [0.1, 0.15) is 16.7 Å². The number of amides is 1. The van der Waals surface area contributed by atoms with Crippen molar-refractivity contribution in [1.29, 1.82) is 0 Å². The third kappa shape index (κ3) is 4.25. The van der Waals surface area contributed by atoms with Crippen LogP contribution in [0.4, 0.5) is 4.39 Å². The monoisotopic (exact) mass is 381 g/mol. The predicted octanol–water partition coefficient (Wildman–Crippen LogP) is 2.07. The highest BCUT2D eigenvalue weighted by Crippen LogP contribution is 2.13. The Bertz CT molecular complexity index is 1130. The number of benzene rings is 2. The summed E-state index contributed by atoms with van der Waals surface area (Å²) in [7, 11) is 0. The number of hydrogen-bond acceptors (Lipinski definition) is 3. The van der Waals surface area contributed by atoms with Gasteiger partial charge in [-0.25, -0.2) is 4.39 Å². The number of aryl methyl sites for hydroxylation is 2. The summed E-state index contributed by atoms with van der Waals surface area (Å²) in [6, 6.07) is 11.7. The van der Waals surface area contributed by atoms with E-state index in [0.29, 0.717) is 12.1 Å². The molecule has 0 aliphatic rings. The van der Waals surface area contributed by atoms with Crippen LogP contribution in [0.25, 0.3) is 5.69 Å². The van der Waals surface area contributed by atoms with Gasteiger partial charge in [-0.15, -0.1) is 0 Å². The van der Waals surface area contributed by atoms with Gasteiger partial charge in [-0.05, 0) is 37.1 Å². The van der Waals surface area contributed by atoms with Crippen LogP contribution in [0.2, 0.25) is 0 Å². The molecule has 3 aromatic rings. The maximum Gasteiger partial charge on any atom is 0.320 e. The average Bonchev–Trinajstić information content (AvgIpc) is 2.67. The third-order valence-corrected chi connectivity index (χ3v) is 4.41. The van der Waals surface area contributed by atoms with Crippen LogP contribution < -0.4 is 16.4 Å². The number of hydrogen-bond donors (Lipinski definition) is 1. The average molecular weight is 381 g/mol. The van der Waals surface area contributed by atoms with Gasteiger partial charge in [0.25, 0.3) is 0 Å². The van der Waals surface area contributed by atoms with Crippen LogP contribution in [0, 0.1) is 19.7 Å². The van der Waals surface area contributed by atoms with E-state index in [2.05, 4.69) is 5.32 Å². The van der Waals surface area contributed by atoms with Crippen molar-refractivity contribution in [3.05, 3.63) is 98.1 Å². The van der Waals surface area contributed by atoms with Gasteiger partial charge in [-0.3, -0.25) is 23.5 Å². The van der Waals surface area contributed by atoms with E-state index in [4.69, 9.17) is 0 Å². The molecule has 0 aliphatic heterocycles. The molecule has 1 aromatic heterocycles. The van der Waals surface area contributed by atoms with E-state index in [9.17, 15) is 18.8 Å². The minimum Gasteiger partial charge on any atom is -0.350 e. The molecular formula is C21H20FN3O3. The molecule has 28 heavy (non-hydrogen) atoms. The zero-order chi connectivity index (χ0) is 20.3. The van der Waals surface area contributed by atoms with E-state index >= 15 is 0 Å². The highest BCUT2D eigenvalue weighted by Gasteiger charge is 2.12. The lowest BCUT2D eigenvalue weighted by atomic mass is 10.1. The van der Waals surface area contributed by atoms with Crippen molar-refractivity contribution in [2.75, 3.05) is 0 Å². The van der Waals surface area contributed by atoms with Crippen molar-refractivity contribution in [2.45, 2.75) is 26.9 Å². The van der Waals surface area contributed by atoms with Gasteiger partial charge in [-0.1, -0.05) is 35.9 Å². The fourth-order valence-corrected chi connectivity index (χ4v) is 2.78. The highest BCUT2D eigenvalue weighted by molar-refractivity contribution is 5.75. The Morgan fingerprint density at radius 3 is 2.43 bits per heavy atom. The van der Waals surface area contributed by atoms with Crippen LogP contribution >= 0.6 is 0 Å². The van der Waals surface area contributed by atoms with Crippen molar-refractivity contribution in [2.24, 2.45) is 0 Å². The standard InChI is InChI=1S/C21H20FN3O3/c1-14-3-6-16(7-4-14)12-23-19(26)13-24-9-10-25(21(28)20(24)27)18-11-17(22)8-5-15(18)2/h3-11H,12-13H2,1-2H3,(H,23,26). The van der Waals surface area contributed by atoms with Crippen molar-refractivity contribution >= 4 is 5.91 Å². The first-order valence-electron chi connectivity index (χ1n) is 8.76. The van der Waals surface area contributed by atoms with Gasteiger partial charge < -0.3 is 5.32 Å². The largest absolute Gasteiger partial charge is 0.350 e. The SMILES string of the molecule is Cc1ccc(CNC(=O)Cn2ccn(-c3cc(F)ccc3C)c(=O)c2=O)cc1. The van der Waals surface area contributed by atoms with Crippen LogP contribution in [-0.4, -0.2) is 15.0 Å². The molecule has 144 valence electrons. The normalized spacial score (nSPS) is 10.7. The molecule has 6 nitrogen and oxygen atoms in total. The van der Waals surface area contributed by atoms with E-state index in [0.717, 1.165) is 20.3 Å². The molecule has 1 amide bonds. The van der Waals surface area contributed by atoms with Gasteiger partial charge in [0.15, 0.2) is 0 Å². The summed E-state index contributed by atoms with van der Waals surface area (Å²) in [4.78, 5) is 36.9. The fourth-order valence-electron chi connectivity index (χ4n) is 2.78. The fraction of sp³-hybridized carbons (Fsp3) is 0.190. The molecule has 0 fully saturated rings. The van der Waals surface area contributed by atoms with Crippen LogP contribution in [-0.2, 0) is 17.9 Å². The lowest BCUT2D eigenvalue weighted by Crippen LogP contribution is -2.42. The molecule has 1 heterocycles. The van der Waals surface area contributed by atoms with Gasteiger partial charge in [0, 0.05) is 18.9 Å². The van der Waals surface area contributed by atoms with Gasteiger partial charge >= 0.3 is 11.1 Å². The van der Waals surface area contributed by atoms with E-state index in [1.54, 1.807) is 6.92 Å². The summed E-state index contributed by atoms with van der Waals surface area (Å²) in [6.45, 7) is 3.74. The molecule has 0 saturated carbocycles. The molecule has 2 aromatic carbocycles. The highest BCUT2D eigenvalue weighted by atomic mass is 19.1. The second-order valence-electron chi connectivity index (χ2n) is 6.60. The van der Waals surface area contributed by atoms with E-state index in [1.165, 1.54) is 30.6 Å². The van der Waals surface area contributed by atoms with E-state index in [1.807, 2.05) is 31.2 Å². The Morgan fingerprint density at radius 2 is 1.71 bits per heavy atom. The number of halogens is 1. The van der Waals surface area contributed by atoms with Gasteiger partial charge in [0.2, 0.25) is 5.91 Å². The topological polar surface area (TPSA) is 73.1 Å². The molecule has 3 rings (SSSR count). The molecule has 0 atom stereocenters. The Hall–Kier alpha value is -3.48. The van der Waals surface area contributed by atoms with Crippen molar-refractivity contribution in [1.82, 2.24) is 14.5 Å². The van der Waals surface area contributed by atoms with E-state index < -0.39 is 16.9 Å². The van der Waals surface area contributed by atoms with Crippen LogP contribution in [0.15, 0.2) is 64.4 Å². The maximum atomic E-state index is 13.5. The maximum absolute atomic E-state index is 13.5. The molecule has 7 heteroatoms. The Balaban J connectivity index is 1.76. The minimum atomic E-state index is -0.850.